The molecule has 0 aromatic heterocycles. The second-order valence-electron chi connectivity index (χ2n) is 3.28. The van der Waals surface area contributed by atoms with E-state index in [-0.39, 0.29) is 6.61 Å². The Bertz CT molecular complexity index is 413. The van der Waals surface area contributed by atoms with Gasteiger partial charge in [-0.3, -0.25) is 0 Å². The van der Waals surface area contributed by atoms with Crippen molar-refractivity contribution >= 4 is 22.0 Å². The minimum atomic E-state index is 0.0221. The van der Waals surface area contributed by atoms with E-state index in [4.69, 9.17) is 14.6 Å². The topological polar surface area (TPSA) is 38.7 Å². The van der Waals surface area contributed by atoms with Crippen LogP contribution in [-0.2, 0) is 0 Å². The minimum Gasteiger partial charge on any atom is -0.493 e. The van der Waals surface area contributed by atoms with Crippen LogP contribution >= 0.6 is 15.9 Å². The van der Waals surface area contributed by atoms with E-state index < -0.39 is 0 Å². The average Bonchev–Trinajstić information content (AvgIpc) is 2.26. The summed E-state index contributed by atoms with van der Waals surface area (Å²) in [6.45, 7) is 0.440. The minimum absolute atomic E-state index is 0.0221. The molecular formula is C11H11BrO3. The van der Waals surface area contributed by atoms with Crippen molar-refractivity contribution in [2.24, 2.45) is 0 Å². The molecular weight excluding hydrogens is 260 g/mol. The fraction of sp³-hybridized carbons (Fsp3) is 0.273. The highest BCUT2D eigenvalue weighted by molar-refractivity contribution is 9.10. The Morgan fingerprint density at radius 1 is 1.53 bits per heavy atom. The monoisotopic (exact) mass is 270 g/mol. The first-order valence-corrected chi connectivity index (χ1v) is 5.34. The van der Waals surface area contributed by atoms with Crippen LogP contribution in [0.1, 0.15) is 5.56 Å². The molecule has 1 heterocycles. The van der Waals surface area contributed by atoms with E-state index in [2.05, 4.69) is 15.9 Å². The van der Waals surface area contributed by atoms with E-state index in [0.29, 0.717) is 12.4 Å². The van der Waals surface area contributed by atoms with Gasteiger partial charge >= 0.3 is 0 Å². The Labute approximate surface area is 96.4 Å². The maximum atomic E-state index is 9.02. The van der Waals surface area contributed by atoms with Gasteiger partial charge in [0.15, 0.2) is 11.5 Å². The first kappa shape index (κ1) is 10.5. The molecule has 0 fully saturated rings. The Morgan fingerprint density at radius 2 is 2.33 bits per heavy atom. The lowest BCUT2D eigenvalue weighted by atomic mass is 10.1. The number of benzene rings is 1. The fourth-order valence-corrected chi connectivity index (χ4v) is 1.97. The molecule has 0 radical (unpaired) electrons. The van der Waals surface area contributed by atoms with Gasteiger partial charge in [0, 0.05) is 10.0 Å². The lowest BCUT2D eigenvalue weighted by molar-refractivity contribution is 0.275. The van der Waals surface area contributed by atoms with Crippen molar-refractivity contribution in [1.82, 2.24) is 0 Å². The summed E-state index contributed by atoms with van der Waals surface area (Å²) in [5.74, 6) is 1.44. The van der Waals surface area contributed by atoms with Gasteiger partial charge < -0.3 is 14.6 Å². The molecule has 1 aliphatic heterocycles. The third-order valence-electron chi connectivity index (χ3n) is 2.23. The van der Waals surface area contributed by atoms with Gasteiger partial charge in [-0.2, -0.15) is 0 Å². The van der Waals surface area contributed by atoms with Gasteiger partial charge in [-0.25, -0.2) is 0 Å². The molecule has 15 heavy (non-hydrogen) atoms. The van der Waals surface area contributed by atoms with Crippen LogP contribution in [0.3, 0.4) is 0 Å². The van der Waals surface area contributed by atoms with Gasteiger partial charge in [-0.05, 0) is 23.8 Å². The molecule has 3 nitrogen and oxygen atoms in total. The molecule has 0 saturated heterocycles. The van der Waals surface area contributed by atoms with E-state index in [1.165, 1.54) is 0 Å². The van der Waals surface area contributed by atoms with Gasteiger partial charge in [0.05, 0.1) is 13.7 Å². The Hall–Kier alpha value is -1.00. The third kappa shape index (κ3) is 2.01. The zero-order valence-electron chi connectivity index (χ0n) is 8.29. The molecule has 0 aliphatic carbocycles. The van der Waals surface area contributed by atoms with Crippen molar-refractivity contribution in [2.45, 2.75) is 0 Å². The summed E-state index contributed by atoms with van der Waals surface area (Å²) in [6, 6.07) is 3.79. The smallest absolute Gasteiger partial charge is 0.168 e. The van der Waals surface area contributed by atoms with Crippen molar-refractivity contribution in [3.63, 3.8) is 0 Å². The molecule has 0 amide bonds. The van der Waals surface area contributed by atoms with Crippen LogP contribution in [0.5, 0.6) is 11.5 Å². The van der Waals surface area contributed by atoms with E-state index in [0.717, 1.165) is 21.4 Å². The van der Waals surface area contributed by atoms with Gasteiger partial charge in [0.25, 0.3) is 0 Å². The van der Waals surface area contributed by atoms with Gasteiger partial charge in [-0.1, -0.05) is 15.9 Å². The average molecular weight is 271 g/mol. The molecule has 80 valence electrons. The van der Waals surface area contributed by atoms with Gasteiger partial charge in [-0.15, -0.1) is 0 Å². The van der Waals surface area contributed by atoms with Gasteiger partial charge in [0.1, 0.15) is 6.61 Å². The standard InChI is InChI=1S/C11H11BrO3/c1-14-10-4-9(12)3-8-2-7(5-13)6-15-11(8)10/h2-4,13H,5-6H2,1H3. The first-order valence-electron chi connectivity index (χ1n) is 4.55. The largest absolute Gasteiger partial charge is 0.493 e. The Kier molecular flexibility index (Phi) is 2.98. The molecule has 0 saturated carbocycles. The molecule has 0 spiro atoms. The Morgan fingerprint density at radius 3 is 3.00 bits per heavy atom. The van der Waals surface area contributed by atoms with Crippen LogP contribution in [0.15, 0.2) is 22.2 Å². The number of methoxy groups -OCH3 is 1. The number of fused-ring (bicyclic) bond motifs is 1. The summed E-state index contributed by atoms with van der Waals surface area (Å²) in [7, 11) is 1.61. The van der Waals surface area contributed by atoms with E-state index in [1.54, 1.807) is 7.11 Å². The highest BCUT2D eigenvalue weighted by atomic mass is 79.9. The number of ether oxygens (including phenoxy) is 2. The fourth-order valence-electron chi connectivity index (χ4n) is 1.52. The maximum absolute atomic E-state index is 9.02. The number of aliphatic hydroxyl groups is 1. The highest BCUT2D eigenvalue weighted by Crippen LogP contribution is 2.38. The van der Waals surface area contributed by atoms with Crippen molar-refractivity contribution in [2.75, 3.05) is 20.3 Å². The van der Waals surface area contributed by atoms with E-state index in [9.17, 15) is 0 Å². The summed E-state index contributed by atoms with van der Waals surface area (Å²) in [6.07, 6.45) is 1.92. The van der Waals surface area contributed by atoms with Crippen LogP contribution in [0.4, 0.5) is 0 Å². The normalized spacial score (nSPS) is 13.9. The first-order chi connectivity index (χ1) is 7.24. The summed E-state index contributed by atoms with van der Waals surface area (Å²) in [5, 5.41) is 9.02. The van der Waals surface area contributed by atoms with Crippen LogP contribution in [-0.4, -0.2) is 25.4 Å². The summed E-state index contributed by atoms with van der Waals surface area (Å²) >= 11 is 3.40. The van der Waals surface area contributed by atoms with Crippen LogP contribution < -0.4 is 9.47 Å². The van der Waals surface area contributed by atoms with Crippen molar-refractivity contribution in [1.29, 1.82) is 0 Å². The predicted molar refractivity (Wildman–Crippen MR) is 61.3 cm³/mol. The van der Waals surface area contributed by atoms with E-state index in [1.807, 2.05) is 18.2 Å². The van der Waals surface area contributed by atoms with Crippen molar-refractivity contribution in [3.05, 3.63) is 27.7 Å². The van der Waals surface area contributed by atoms with E-state index >= 15 is 0 Å². The van der Waals surface area contributed by atoms with Crippen LogP contribution in [0.25, 0.3) is 6.08 Å². The molecule has 0 atom stereocenters. The SMILES string of the molecule is COc1cc(Br)cc2c1OCC(CO)=C2. The lowest BCUT2D eigenvalue weighted by Crippen LogP contribution is -2.10. The molecule has 0 bridgehead atoms. The third-order valence-corrected chi connectivity index (χ3v) is 2.69. The number of hydrogen-bond acceptors (Lipinski definition) is 3. The van der Waals surface area contributed by atoms with Crippen molar-refractivity contribution in [3.8, 4) is 11.5 Å². The molecule has 1 aromatic rings. The summed E-state index contributed by atoms with van der Waals surface area (Å²) in [4.78, 5) is 0. The second kappa shape index (κ2) is 4.24. The molecule has 1 aliphatic rings. The highest BCUT2D eigenvalue weighted by Gasteiger charge is 2.16. The quantitative estimate of drug-likeness (QED) is 0.896. The predicted octanol–water partition coefficient (Wildman–Crippen LogP) is 2.23. The summed E-state index contributed by atoms with van der Waals surface area (Å²) < 4.78 is 11.7. The zero-order chi connectivity index (χ0) is 10.8. The number of halogens is 1. The number of aliphatic hydroxyl groups excluding tert-OH is 1. The number of hydrogen-bond donors (Lipinski definition) is 1. The van der Waals surface area contributed by atoms with Crippen LogP contribution in [0.2, 0.25) is 0 Å². The molecule has 1 N–H and O–H groups in total. The van der Waals surface area contributed by atoms with Crippen LogP contribution in [0, 0.1) is 0 Å². The Balaban J connectivity index is 2.51. The maximum Gasteiger partial charge on any atom is 0.168 e. The molecule has 2 rings (SSSR count). The van der Waals surface area contributed by atoms with Crippen molar-refractivity contribution < 1.29 is 14.6 Å². The van der Waals surface area contributed by atoms with Gasteiger partial charge in [0.2, 0.25) is 0 Å². The number of rotatable bonds is 2. The second-order valence-corrected chi connectivity index (χ2v) is 4.19. The molecule has 1 aromatic carbocycles. The zero-order valence-corrected chi connectivity index (χ0v) is 9.87. The lowest BCUT2D eigenvalue weighted by Gasteiger charge is -2.19. The molecule has 0 unspecified atom stereocenters. The summed E-state index contributed by atoms with van der Waals surface area (Å²) in [5.41, 5.74) is 1.79. The molecule has 4 heteroatoms.